The van der Waals surface area contributed by atoms with Crippen molar-refractivity contribution in [2.24, 2.45) is 5.41 Å². The third kappa shape index (κ3) is 6.86. The molecule has 1 aliphatic rings. The van der Waals surface area contributed by atoms with Gasteiger partial charge >= 0.3 is 0 Å². The third-order valence-electron chi connectivity index (χ3n) is 8.53. The Labute approximate surface area is 255 Å². The van der Waals surface area contributed by atoms with Gasteiger partial charge in [0.15, 0.2) is 0 Å². The van der Waals surface area contributed by atoms with E-state index in [0.29, 0.717) is 19.6 Å². The molecule has 0 saturated carbocycles. The fraction of sp³-hybridized carbons (Fsp3) is 0.324. The molecule has 3 aromatic rings. The molecular weight excluding hydrogens is 547 g/mol. The Morgan fingerprint density at radius 1 is 0.833 bits per heavy atom. The smallest absolute Gasteiger partial charge is 0.261 e. The highest BCUT2D eigenvalue weighted by molar-refractivity contribution is 6.99. The van der Waals surface area contributed by atoms with Gasteiger partial charge in [-0.05, 0) is 28.3 Å². The Bertz CT molecular complexity index is 1340. The van der Waals surface area contributed by atoms with E-state index in [9.17, 15) is 4.79 Å². The van der Waals surface area contributed by atoms with Crippen molar-refractivity contribution in [2.45, 2.75) is 51.7 Å². The largest absolute Gasteiger partial charge is 0.407 e. The molecule has 4 rings (SSSR count). The minimum atomic E-state index is -2.68. The van der Waals surface area contributed by atoms with Crippen molar-refractivity contribution in [1.82, 2.24) is 4.90 Å². The first kappa shape index (κ1) is 31.7. The van der Waals surface area contributed by atoms with Crippen LogP contribution in [0.25, 0.3) is 0 Å². The van der Waals surface area contributed by atoms with Crippen molar-refractivity contribution < 1.29 is 9.22 Å². The van der Waals surface area contributed by atoms with Gasteiger partial charge in [-0.2, -0.15) is 0 Å². The van der Waals surface area contributed by atoms with E-state index >= 15 is 0 Å². The molecule has 1 aliphatic carbocycles. The maximum absolute atomic E-state index is 14.1. The maximum atomic E-state index is 14.1. The summed E-state index contributed by atoms with van der Waals surface area (Å²) >= 11 is 0. The van der Waals surface area contributed by atoms with Gasteiger partial charge in [0, 0.05) is 20.2 Å². The SMILES string of the molecule is CN(C/C=C/[Si](C)(C)c1ccccc1)C(=O)C1(CCO[Si](c2ccccc2)(c2ccccc2)C(C)(C)C)C=CCC=C1. The Balaban J connectivity index is 1.56. The number of allylic oxidation sites excluding steroid dienone is 2. The zero-order valence-electron chi connectivity index (χ0n) is 26.2. The zero-order chi connectivity index (χ0) is 30.3. The van der Waals surface area contributed by atoms with E-state index in [4.69, 9.17) is 4.43 Å². The third-order valence-corrected chi connectivity index (χ3v) is 16.5. The summed E-state index contributed by atoms with van der Waals surface area (Å²) in [6.07, 6.45) is 12.1. The van der Waals surface area contributed by atoms with Gasteiger partial charge < -0.3 is 9.33 Å². The average Bonchev–Trinajstić information content (AvgIpc) is 3.00. The minimum absolute atomic E-state index is 0.109. The molecule has 0 saturated heterocycles. The van der Waals surface area contributed by atoms with Crippen molar-refractivity contribution >= 4 is 37.9 Å². The molecule has 0 aromatic heterocycles. The Morgan fingerprint density at radius 3 is 1.79 bits per heavy atom. The Kier molecular flexibility index (Phi) is 10.1. The van der Waals surface area contributed by atoms with Crippen molar-refractivity contribution in [1.29, 1.82) is 0 Å². The Morgan fingerprint density at radius 2 is 1.31 bits per heavy atom. The topological polar surface area (TPSA) is 29.5 Å². The predicted octanol–water partition coefficient (Wildman–Crippen LogP) is 6.63. The summed E-state index contributed by atoms with van der Waals surface area (Å²) in [7, 11) is -2.49. The highest BCUT2D eigenvalue weighted by Crippen LogP contribution is 2.38. The molecule has 5 heteroatoms. The van der Waals surface area contributed by atoms with E-state index < -0.39 is 21.8 Å². The van der Waals surface area contributed by atoms with Gasteiger partial charge in [0.25, 0.3) is 8.32 Å². The molecule has 220 valence electrons. The lowest BCUT2D eigenvalue weighted by Gasteiger charge is -2.43. The molecule has 0 fully saturated rings. The summed E-state index contributed by atoms with van der Waals surface area (Å²) in [6.45, 7) is 12.6. The number of hydrogen-bond acceptors (Lipinski definition) is 2. The number of nitrogens with zero attached hydrogens (tertiary/aromatic N) is 1. The summed E-state index contributed by atoms with van der Waals surface area (Å²) in [6, 6.07) is 32.1. The molecule has 0 heterocycles. The second-order valence-corrected chi connectivity index (χ2v) is 21.7. The van der Waals surface area contributed by atoms with Crippen molar-refractivity contribution in [2.75, 3.05) is 20.2 Å². The van der Waals surface area contributed by atoms with Gasteiger partial charge in [-0.25, -0.2) is 0 Å². The van der Waals surface area contributed by atoms with Gasteiger partial charge in [0.05, 0.1) is 5.41 Å². The van der Waals surface area contributed by atoms with Crippen molar-refractivity contribution in [3.05, 3.63) is 127 Å². The first-order valence-corrected chi connectivity index (χ1v) is 20.1. The highest BCUT2D eigenvalue weighted by Gasteiger charge is 2.50. The highest BCUT2D eigenvalue weighted by atomic mass is 28.4. The number of hydrogen-bond donors (Lipinski definition) is 0. The van der Waals surface area contributed by atoms with Crippen LogP contribution in [0.5, 0.6) is 0 Å². The molecular formula is C37H47NO2Si2. The van der Waals surface area contributed by atoms with Crippen molar-refractivity contribution in [3.63, 3.8) is 0 Å². The fourth-order valence-corrected chi connectivity index (χ4v) is 12.7. The monoisotopic (exact) mass is 593 g/mol. The predicted molar refractivity (Wildman–Crippen MR) is 184 cm³/mol. The number of carbonyl (C=O) groups excluding carboxylic acids is 1. The first-order valence-electron chi connectivity index (χ1n) is 15.1. The molecule has 42 heavy (non-hydrogen) atoms. The van der Waals surface area contributed by atoms with Crippen LogP contribution in [0.2, 0.25) is 18.1 Å². The van der Waals surface area contributed by atoms with Gasteiger partial charge in [0.1, 0.15) is 8.07 Å². The van der Waals surface area contributed by atoms with E-state index in [1.807, 2.05) is 11.9 Å². The molecule has 0 bridgehead atoms. The number of carbonyl (C=O) groups is 1. The number of amides is 1. The molecule has 0 radical (unpaired) electrons. The van der Waals surface area contributed by atoms with Crippen LogP contribution in [0.3, 0.4) is 0 Å². The first-order chi connectivity index (χ1) is 20.0. The van der Waals surface area contributed by atoms with Crippen LogP contribution in [0.4, 0.5) is 0 Å². The average molecular weight is 594 g/mol. The second-order valence-electron chi connectivity index (χ2n) is 13.0. The van der Waals surface area contributed by atoms with E-state index in [2.05, 4.69) is 161 Å². The minimum Gasteiger partial charge on any atom is -0.407 e. The van der Waals surface area contributed by atoms with Gasteiger partial charge in [-0.3, -0.25) is 4.79 Å². The summed E-state index contributed by atoms with van der Waals surface area (Å²) in [5, 5.41) is 3.80. The molecule has 0 N–H and O–H groups in total. The van der Waals surface area contributed by atoms with Gasteiger partial charge in [0.2, 0.25) is 5.91 Å². The Hall–Kier alpha value is -3.26. The lowest BCUT2D eigenvalue weighted by Crippen LogP contribution is -2.66. The molecule has 0 unspecified atom stereocenters. The van der Waals surface area contributed by atoms with Crippen LogP contribution in [0, 0.1) is 5.41 Å². The standard InChI is InChI=1S/C37H47NO2Si2/c1-36(2,3)42(33-22-13-8-14-23-33,34-24-15-9-16-25-34)40-30-28-37(26-17-10-18-27-37)35(39)38(4)29-19-31-41(5,6)32-20-11-7-12-21-32/h7-9,11-27,31H,10,28-30H2,1-6H3/b31-19+. The molecule has 3 nitrogen and oxygen atoms in total. The lowest BCUT2D eigenvalue weighted by atomic mass is 9.80. The van der Waals surface area contributed by atoms with Crippen LogP contribution in [0.15, 0.2) is 127 Å². The zero-order valence-corrected chi connectivity index (χ0v) is 28.2. The van der Waals surface area contributed by atoms with E-state index in [0.717, 1.165) is 6.42 Å². The summed E-state index contributed by atoms with van der Waals surface area (Å²) in [5.41, 5.74) is 1.63. The van der Waals surface area contributed by atoms with E-state index in [1.165, 1.54) is 15.6 Å². The van der Waals surface area contributed by atoms with Crippen LogP contribution in [0.1, 0.15) is 33.6 Å². The van der Waals surface area contributed by atoms with Crippen molar-refractivity contribution in [3.8, 4) is 0 Å². The quantitative estimate of drug-likeness (QED) is 0.185. The number of benzene rings is 3. The summed E-state index contributed by atoms with van der Waals surface area (Å²) in [4.78, 5) is 16.0. The van der Waals surface area contributed by atoms with E-state index in [1.54, 1.807) is 0 Å². The maximum Gasteiger partial charge on any atom is 0.261 e. The van der Waals surface area contributed by atoms with Gasteiger partial charge in [-0.15, -0.1) is 0 Å². The molecule has 0 aliphatic heterocycles. The van der Waals surface area contributed by atoms with Gasteiger partial charge in [-0.1, -0.05) is 166 Å². The molecule has 0 spiro atoms. The molecule has 0 atom stereocenters. The summed E-state index contributed by atoms with van der Waals surface area (Å²) in [5.74, 6) is 0.115. The molecule has 3 aromatic carbocycles. The van der Waals surface area contributed by atoms with Crippen LogP contribution in [-0.4, -0.2) is 47.4 Å². The lowest BCUT2D eigenvalue weighted by molar-refractivity contribution is -0.136. The fourth-order valence-electron chi connectivity index (χ4n) is 6.15. The number of likely N-dealkylation sites (N-methyl/N-ethyl adjacent to an activating group) is 1. The van der Waals surface area contributed by atoms with Crippen LogP contribution < -0.4 is 15.6 Å². The molecule has 1 amide bonds. The second kappa shape index (κ2) is 13.4. The van der Waals surface area contributed by atoms with E-state index in [-0.39, 0.29) is 10.9 Å². The normalized spacial score (nSPS) is 15.2. The van der Waals surface area contributed by atoms with Crippen LogP contribution in [-0.2, 0) is 9.22 Å². The van der Waals surface area contributed by atoms with Crippen LogP contribution >= 0.6 is 0 Å². The number of rotatable bonds is 11. The summed E-state index contributed by atoms with van der Waals surface area (Å²) < 4.78 is 7.19.